The fraction of sp³-hybridized carbons (Fsp3) is 0.227. The normalized spacial score (nSPS) is 10.8. The van der Waals surface area contributed by atoms with E-state index in [0.717, 1.165) is 16.8 Å². The summed E-state index contributed by atoms with van der Waals surface area (Å²) in [6.07, 6.45) is 0. The molecule has 0 saturated carbocycles. The number of aryl methyl sites for hydroxylation is 4. The molecule has 2 aromatic carbocycles. The summed E-state index contributed by atoms with van der Waals surface area (Å²) in [5, 5.41) is 12.8. The smallest absolute Gasteiger partial charge is 0.234 e. The van der Waals surface area contributed by atoms with Gasteiger partial charge in [0, 0.05) is 16.3 Å². The third kappa shape index (κ3) is 4.91. The first kappa shape index (κ1) is 20.4. The van der Waals surface area contributed by atoms with Crippen molar-refractivity contribution in [3.8, 4) is 11.3 Å². The third-order valence-electron chi connectivity index (χ3n) is 4.56. The van der Waals surface area contributed by atoms with Crippen molar-refractivity contribution >= 4 is 35.0 Å². The number of benzene rings is 2. The molecule has 0 aliphatic heterocycles. The highest BCUT2D eigenvalue weighted by atomic mass is 35.5. The van der Waals surface area contributed by atoms with Crippen molar-refractivity contribution in [2.24, 2.45) is 0 Å². The Balaban J connectivity index is 1.62. The summed E-state index contributed by atoms with van der Waals surface area (Å²) in [6.45, 7) is 8.20. The zero-order valence-corrected chi connectivity index (χ0v) is 17.9. The van der Waals surface area contributed by atoms with Gasteiger partial charge in [0.25, 0.3) is 0 Å². The van der Waals surface area contributed by atoms with E-state index in [9.17, 15) is 4.79 Å². The van der Waals surface area contributed by atoms with Crippen LogP contribution in [0.2, 0.25) is 5.02 Å². The van der Waals surface area contributed by atoms with Gasteiger partial charge in [0.05, 0.1) is 11.4 Å². The molecule has 0 unspecified atom stereocenters. The lowest BCUT2D eigenvalue weighted by molar-refractivity contribution is -0.113. The lowest BCUT2D eigenvalue weighted by atomic mass is 9.99. The van der Waals surface area contributed by atoms with Gasteiger partial charge in [-0.3, -0.25) is 4.79 Å². The fourth-order valence-electron chi connectivity index (χ4n) is 2.78. The predicted octanol–water partition coefficient (Wildman–Crippen LogP) is 5.76. The van der Waals surface area contributed by atoms with Gasteiger partial charge >= 0.3 is 0 Å². The molecule has 1 amide bonds. The number of hydrogen-bond acceptors (Lipinski definition) is 4. The Labute approximate surface area is 174 Å². The maximum Gasteiger partial charge on any atom is 0.234 e. The molecule has 0 atom stereocenters. The number of nitrogens with zero attached hydrogens (tertiary/aromatic N) is 2. The van der Waals surface area contributed by atoms with Crippen LogP contribution < -0.4 is 5.32 Å². The van der Waals surface area contributed by atoms with Gasteiger partial charge in [0.1, 0.15) is 5.03 Å². The van der Waals surface area contributed by atoms with Crippen LogP contribution in [-0.4, -0.2) is 21.9 Å². The summed E-state index contributed by atoms with van der Waals surface area (Å²) in [6, 6.07) is 13.6. The minimum absolute atomic E-state index is 0.110. The van der Waals surface area contributed by atoms with E-state index in [1.54, 1.807) is 6.07 Å². The van der Waals surface area contributed by atoms with Crippen LogP contribution in [0.4, 0.5) is 5.69 Å². The second-order valence-corrected chi connectivity index (χ2v) is 8.21. The van der Waals surface area contributed by atoms with Gasteiger partial charge in [-0.25, -0.2) is 0 Å². The molecule has 1 heterocycles. The molecule has 1 N–H and O–H groups in total. The summed E-state index contributed by atoms with van der Waals surface area (Å²) >= 11 is 7.44. The molecular formula is C22H22ClN3OS. The summed E-state index contributed by atoms with van der Waals surface area (Å²) in [4.78, 5) is 12.2. The Hall–Kier alpha value is -2.37. The maximum atomic E-state index is 12.2. The maximum absolute atomic E-state index is 12.2. The van der Waals surface area contributed by atoms with Crippen molar-refractivity contribution in [1.29, 1.82) is 0 Å². The molecule has 6 heteroatoms. The molecule has 0 spiro atoms. The number of halogens is 1. The van der Waals surface area contributed by atoms with Crippen LogP contribution in [0.3, 0.4) is 0 Å². The van der Waals surface area contributed by atoms with Gasteiger partial charge in [0.15, 0.2) is 0 Å². The molecule has 0 fully saturated rings. The topological polar surface area (TPSA) is 54.9 Å². The zero-order chi connectivity index (χ0) is 20.3. The summed E-state index contributed by atoms with van der Waals surface area (Å²) in [7, 11) is 0. The Bertz CT molecular complexity index is 1020. The minimum Gasteiger partial charge on any atom is -0.325 e. The van der Waals surface area contributed by atoms with Crippen molar-refractivity contribution in [2.75, 3.05) is 11.1 Å². The van der Waals surface area contributed by atoms with Crippen LogP contribution in [0, 0.1) is 27.7 Å². The first-order chi connectivity index (χ1) is 13.3. The van der Waals surface area contributed by atoms with Gasteiger partial charge in [-0.1, -0.05) is 35.5 Å². The number of anilines is 1. The molecule has 0 saturated heterocycles. The van der Waals surface area contributed by atoms with Crippen LogP contribution in [-0.2, 0) is 4.79 Å². The lowest BCUT2D eigenvalue weighted by Crippen LogP contribution is -2.14. The van der Waals surface area contributed by atoms with Crippen molar-refractivity contribution < 1.29 is 4.79 Å². The van der Waals surface area contributed by atoms with Gasteiger partial charge < -0.3 is 5.32 Å². The average molecular weight is 412 g/mol. The number of carbonyl (C=O) groups is 1. The zero-order valence-electron chi connectivity index (χ0n) is 16.3. The van der Waals surface area contributed by atoms with Crippen LogP contribution in [0.5, 0.6) is 0 Å². The summed E-state index contributed by atoms with van der Waals surface area (Å²) in [5.74, 6) is 0.142. The number of aromatic nitrogens is 2. The number of thioether (sulfide) groups is 1. The number of nitrogens with one attached hydrogen (secondary N) is 1. The Morgan fingerprint density at radius 3 is 2.36 bits per heavy atom. The van der Waals surface area contributed by atoms with E-state index in [-0.39, 0.29) is 11.7 Å². The van der Waals surface area contributed by atoms with E-state index in [4.69, 9.17) is 11.6 Å². The molecular weight excluding hydrogens is 390 g/mol. The molecule has 0 bridgehead atoms. The largest absolute Gasteiger partial charge is 0.325 e. The van der Waals surface area contributed by atoms with Crippen molar-refractivity contribution in [1.82, 2.24) is 10.2 Å². The number of rotatable bonds is 5. The van der Waals surface area contributed by atoms with Crippen LogP contribution in [0.15, 0.2) is 47.5 Å². The van der Waals surface area contributed by atoms with E-state index >= 15 is 0 Å². The monoisotopic (exact) mass is 411 g/mol. The van der Waals surface area contributed by atoms with E-state index in [1.807, 2.05) is 31.2 Å². The average Bonchev–Trinajstić information content (AvgIpc) is 2.66. The molecule has 3 rings (SSSR count). The SMILES string of the molecule is Cc1cc(C)c(-c2ccc(SCC(=O)Nc3ccc(C)c(Cl)c3)nn2)cc1C. The van der Waals surface area contributed by atoms with Gasteiger partial charge in [-0.05, 0) is 80.3 Å². The van der Waals surface area contributed by atoms with E-state index in [2.05, 4.69) is 48.4 Å². The molecule has 0 radical (unpaired) electrons. The molecule has 3 aromatic rings. The van der Waals surface area contributed by atoms with Gasteiger partial charge in [-0.15, -0.1) is 10.2 Å². The first-order valence-electron chi connectivity index (χ1n) is 8.94. The highest BCUT2D eigenvalue weighted by Gasteiger charge is 2.09. The molecule has 0 aliphatic carbocycles. The van der Waals surface area contributed by atoms with Crippen LogP contribution >= 0.6 is 23.4 Å². The summed E-state index contributed by atoms with van der Waals surface area (Å²) in [5.41, 5.74) is 7.26. The number of amides is 1. The molecule has 4 nitrogen and oxygen atoms in total. The minimum atomic E-state index is -0.110. The van der Waals surface area contributed by atoms with Crippen LogP contribution in [0.25, 0.3) is 11.3 Å². The van der Waals surface area contributed by atoms with E-state index in [0.29, 0.717) is 15.7 Å². The molecule has 1 aromatic heterocycles. The standard InChI is InChI=1S/C22H22ClN3OS/c1-13-5-6-17(11-19(13)23)24-21(27)12-28-22-8-7-20(25-26-22)18-10-15(3)14(2)9-16(18)4/h5-11H,12H2,1-4H3,(H,24,27). The van der Waals surface area contributed by atoms with Crippen molar-refractivity contribution in [3.05, 3.63) is 69.7 Å². The van der Waals surface area contributed by atoms with E-state index in [1.165, 1.54) is 28.5 Å². The molecule has 144 valence electrons. The Morgan fingerprint density at radius 2 is 1.68 bits per heavy atom. The Kier molecular flexibility index (Phi) is 6.37. The number of carbonyl (C=O) groups excluding carboxylic acids is 1. The van der Waals surface area contributed by atoms with Crippen molar-refractivity contribution in [2.45, 2.75) is 32.7 Å². The third-order valence-corrected chi connectivity index (χ3v) is 5.89. The predicted molar refractivity (Wildman–Crippen MR) is 117 cm³/mol. The second kappa shape index (κ2) is 8.76. The van der Waals surface area contributed by atoms with Gasteiger partial charge in [0.2, 0.25) is 5.91 Å². The summed E-state index contributed by atoms with van der Waals surface area (Å²) < 4.78 is 0. The van der Waals surface area contributed by atoms with Gasteiger partial charge in [-0.2, -0.15) is 0 Å². The molecule has 0 aliphatic rings. The van der Waals surface area contributed by atoms with E-state index < -0.39 is 0 Å². The van der Waals surface area contributed by atoms with Crippen LogP contribution in [0.1, 0.15) is 22.3 Å². The number of hydrogen-bond donors (Lipinski definition) is 1. The highest BCUT2D eigenvalue weighted by molar-refractivity contribution is 7.99. The second-order valence-electron chi connectivity index (χ2n) is 6.81. The molecule has 28 heavy (non-hydrogen) atoms. The highest BCUT2D eigenvalue weighted by Crippen LogP contribution is 2.26. The quantitative estimate of drug-likeness (QED) is 0.542. The first-order valence-corrected chi connectivity index (χ1v) is 10.3. The Morgan fingerprint density at radius 1 is 0.929 bits per heavy atom. The lowest BCUT2D eigenvalue weighted by Gasteiger charge is -2.09. The van der Waals surface area contributed by atoms with Crippen molar-refractivity contribution in [3.63, 3.8) is 0 Å². The fourth-order valence-corrected chi connectivity index (χ4v) is 3.58.